The van der Waals surface area contributed by atoms with Crippen LogP contribution in [0.1, 0.15) is 24.1 Å². The minimum atomic E-state index is -0.351. The van der Waals surface area contributed by atoms with E-state index in [1.165, 1.54) is 18.9 Å². The van der Waals surface area contributed by atoms with Crippen molar-refractivity contribution in [3.63, 3.8) is 0 Å². The van der Waals surface area contributed by atoms with Crippen molar-refractivity contribution < 1.29 is 9.13 Å². The monoisotopic (exact) mass is 350 g/mol. The van der Waals surface area contributed by atoms with Crippen molar-refractivity contribution >= 4 is 15.9 Å². The highest BCUT2D eigenvalue weighted by atomic mass is 79.9. The summed E-state index contributed by atoms with van der Waals surface area (Å²) in [6.07, 6.45) is 2.51. The molecule has 1 aliphatic carbocycles. The molecule has 3 nitrogen and oxygen atoms in total. The van der Waals surface area contributed by atoms with Gasteiger partial charge in [-0.3, -0.25) is 0 Å². The fourth-order valence-electron chi connectivity index (χ4n) is 2.07. The van der Waals surface area contributed by atoms with Gasteiger partial charge in [-0.15, -0.1) is 0 Å². The van der Waals surface area contributed by atoms with E-state index in [1.807, 2.05) is 19.1 Å². The molecule has 0 amide bonds. The molecule has 1 N–H and O–H groups in total. The smallest absolute Gasteiger partial charge is 0.219 e. The number of hydrogen-bond acceptors (Lipinski definition) is 3. The van der Waals surface area contributed by atoms with Crippen molar-refractivity contribution in [1.82, 2.24) is 10.3 Å². The van der Waals surface area contributed by atoms with Crippen LogP contribution >= 0.6 is 15.9 Å². The number of pyridine rings is 1. The van der Waals surface area contributed by atoms with Gasteiger partial charge in [-0.25, -0.2) is 9.37 Å². The average Bonchev–Trinajstić information content (AvgIpc) is 3.24. The number of benzene rings is 1. The Morgan fingerprint density at radius 3 is 2.86 bits per heavy atom. The lowest BCUT2D eigenvalue weighted by atomic mass is 10.2. The molecule has 5 heteroatoms. The van der Waals surface area contributed by atoms with E-state index in [2.05, 4.69) is 26.2 Å². The van der Waals surface area contributed by atoms with E-state index in [0.717, 1.165) is 17.8 Å². The largest absolute Gasteiger partial charge is 0.439 e. The van der Waals surface area contributed by atoms with Crippen molar-refractivity contribution in [3.05, 3.63) is 51.9 Å². The molecule has 0 atom stereocenters. The summed E-state index contributed by atoms with van der Waals surface area (Å²) in [6, 6.07) is 9.25. The van der Waals surface area contributed by atoms with Crippen LogP contribution in [0, 0.1) is 12.7 Å². The second-order valence-corrected chi connectivity index (χ2v) is 6.14. The zero-order valence-corrected chi connectivity index (χ0v) is 13.3. The van der Waals surface area contributed by atoms with Crippen LogP contribution in [0.5, 0.6) is 11.6 Å². The summed E-state index contributed by atoms with van der Waals surface area (Å²) >= 11 is 3.12. The molecule has 21 heavy (non-hydrogen) atoms. The third-order valence-electron chi connectivity index (χ3n) is 3.28. The first kappa shape index (κ1) is 14.5. The number of ether oxygens (including phenoxy) is 1. The van der Waals surface area contributed by atoms with E-state index in [1.54, 1.807) is 12.1 Å². The quantitative estimate of drug-likeness (QED) is 0.870. The second kappa shape index (κ2) is 6.12. The predicted molar refractivity (Wildman–Crippen MR) is 83.0 cm³/mol. The van der Waals surface area contributed by atoms with Gasteiger partial charge >= 0.3 is 0 Å². The summed E-state index contributed by atoms with van der Waals surface area (Å²) in [5.41, 5.74) is 2.01. The molecule has 110 valence electrons. The Bertz CT molecular complexity index is 659. The highest BCUT2D eigenvalue weighted by molar-refractivity contribution is 9.10. The van der Waals surface area contributed by atoms with E-state index < -0.39 is 0 Å². The van der Waals surface area contributed by atoms with E-state index in [0.29, 0.717) is 22.1 Å². The maximum absolute atomic E-state index is 13.5. The molecule has 0 spiro atoms. The molecule has 0 saturated heterocycles. The van der Waals surface area contributed by atoms with Crippen molar-refractivity contribution in [3.8, 4) is 11.6 Å². The lowest BCUT2D eigenvalue weighted by Crippen LogP contribution is -2.15. The summed E-state index contributed by atoms with van der Waals surface area (Å²) in [4.78, 5) is 4.34. The van der Waals surface area contributed by atoms with Crippen LogP contribution in [-0.2, 0) is 6.54 Å². The lowest BCUT2D eigenvalue weighted by Gasteiger charge is -2.09. The fourth-order valence-corrected chi connectivity index (χ4v) is 2.32. The number of rotatable bonds is 5. The summed E-state index contributed by atoms with van der Waals surface area (Å²) < 4.78 is 19.6. The summed E-state index contributed by atoms with van der Waals surface area (Å²) in [5, 5.41) is 3.46. The van der Waals surface area contributed by atoms with Crippen molar-refractivity contribution in [1.29, 1.82) is 0 Å². The first-order valence-corrected chi connectivity index (χ1v) is 7.73. The second-order valence-electron chi connectivity index (χ2n) is 5.29. The van der Waals surface area contributed by atoms with Gasteiger partial charge in [-0.2, -0.15) is 0 Å². The Hall–Kier alpha value is -1.46. The summed E-state index contributed by atoms with van der Waals surface area (Å²) in [5.74, 6) is 0.579. The van der Waals surface area contributed by atoms with Gasteiger partial charge in [-0.05, 0) is 59.5 Å². The van der Waals surface area contributed by atoms with Gasteiger partial charge in [0.25, 0.3) is 0 Å². The normalized spacial score (nSPS) is 14.2. The van der Waals surface area contributed by atoms with Gasteiger partial charge < -0.3 is 10.1 Å². The first-order chi connectivity index (χ1) is 10.1. The molecular weight excluding hydrogens is 335 g/mol. The van der Waals surface area contributed by atoms with Crippen molar-refractivity contribution in [2.45, 2.75) is 32.4 Å². The Balaban J connectivity index is 1.75. The third-order valence-corrected chi connectivity index (χ3v) is 3.92. The molecule has 0 bridgehead atoms. The molecule has 1 aromatic heterocycles. The first-order valence-electron chi connectivity index (χ1n) is 6.94. The van der Waals surface area contributed by atoms with Crippen LogP contribution in [0.25, 0.3) is 0 Å². The molecule has 0 radical (unpaired) electrons. The molecular formula is C16H16BrFN2O. The van der Waals surface area contributed by atoms with E-state index in [9.17, 15) is 4.39 Å². The van der Waals surface area contributed by atoms with Crippen LogP contribution < -0.4 is 10.1 Å². The van der Waals surface area contributed by atoms with Gasteiger partial charge in [0.15, 0.2) is 0 Å². The van der Waals surface area contributed by atoms with Crippen molar-refractivity contribution in [2.75, 3.05) is 0 Å². The van der Waals surface area contributed by atoms with E-state index in [-0.39, 0.29) is 5.82 Å². The third kappa shape index (κ3) is 4.02. The van der Waals surface area contributed by atoms with E-state index in [4.69, 9.17) is 4.74 Å². The van der Waals surface area contributed by atoms with Crippen LogP contribution in [-0.4, -0.2) is 11.0 Å². The Labute approximate surface area is 131 Å². The molecule has 2 aromatic rings. The van der Waals surface area contributed by atoms with Gasteiger partial charge in [0.2, 0.25) is 5.88 Å². The molecule has 1 aliphatic rings. The average molecular weight is 351 g/mol. The Morgan fingerprint density at radius 2 is 2.14 bits per heavy atom. The molecule has 0 aliphatic heterocycles. The standard InChI is InChI=1S/C16H16BrFN2O/c1-10-6-11(9-19-12-2-3-12)7-16(20-10)21-13-4-5-14(17)15(18)8-13/h4-8,12,19H,2-3,9H2,1H3. The number of aryl methyl sites for hydroxylation is 1. The zero-order chi connectivity index (χ0) is 14.8. The zero-order valence-electron chi connectivity index (χ0n) is 11.7. The summed E-state index contributed by atoms with van der Waals surface area (Å²) in [6.45, 7) is 2.73. The highest BCUT2D eigenvalue weighted by Gasteiger charge is 2.20. The topological polar surface area (TPSA) is 34.1 Å². The van der Waals surface area contributed by atoms with E-state index >= 15 is 0 Å². The van der Waals surface area contributed by atoms with Crippen LogP contribution in [0.15, 0.2) is 34.8 Å². The van der Waals surface area contributed by atoms with Gasteiger partial charge in [0, 0.05) is 30.4 Å². The number of nitrogens with zero attached hydrogens (tertiary/aromatic N) is 1. The predicted octanol–water partition coefficient (Wildman–Crippen LogP) is 4.34. The molecule has 1 fully saturated rings. The molecule has 1 aromatic carbocycles. The highest BCUT2D eigenvalue weighted by Crippen LogP contribution is 2.26. The molecule has 0 unspecified atom stereocenters. The Kier molecular flexibility index (Phi) is 4.22. The van der Waals surface area contributed by atoms with Crippen molar-refractivity contribution in [2.24, 2.45) is 0 Å². The Morgan fingerprint density at radius 1 is 1.33 bits per heavy atom. The SMILES string of the molecule is Cc1cc(CNC2CC2)cc(Oc2ccc(Br)c(F)c2)n1. The number of aromatic nitrogens is 1. The fraction of sp³-hybridized carbons (Fsp3) is 0.312. The van der Waals surface area contributed by atoms with Crippen LogP contribution in [0.2, 0.25) is 0 Å². The maximum Gasteiger partial charge on any atom is 0.219 e. The maximum atomic E-state index is 13.5. The summed E-state index contributed by atoms with van der Waals surface area (Å²) in [7, 11) is 0. The number of hydrogen-bond donors (Lipinski definition) is 1. The molecule has 1 saturated carbocycles. The minimum Gasteiger partial charge on any atom is -0.439 e. The van der Waals surface area contributed by atoms with Gasteiger partial charge in [0.05, 0.1) is 4.47 Å². The van der Waals surface area contributed by atoms with Gasteiger partial charge in [0.1, 0.15) is 11.6 Å². The van der Waals surface area contributed by atoms with Gasteiger partial charge in [-0.1, -0.05) is 0 Å². The molecule has 3 rings (SSSR count). The van der Waals surface area contributed by atoms with Crippen LogP contribution in [0.3, 0.4) is 0 Å². The number of nitrogens with one attached hydrogen (secondary N) is 1. The van der Waals surface area contributed by atoms with Crippen LogP contribution in [0.4, 0.5) is 4.39 Å². The molecule has 1 heterocycles. The minimum absolute atomic E-state index is 0.351. The lowest BCUT2D eigenvalue weighted by molar-refractivity contribution is 0.455. The number of halogens is 2.